The Morgan fingerprint density at radius 2 is 2.38 bits per heavy atom. The van der Waals surface area contributed by atoms with Gasteiger partial charge in [-0.05, 0) is 25.5 Å². The Hall–Kier alpha value is -1.09. The van der Waals surface area contributed by atoms with Crippen LogP contribution in [0.2, 0.25) is 0 Å². The zero-order valence-electron chi connectivity index (χ0n) is 8.16. The van der Waals surface area contributed by atoms with Crippen LogP contribution in [0.3, 0.4) is 0 Å². The first-order chi connectivity index (χ1) is 6.29. The number of pyridine rings is 1. The second kappa shape index (κ2) is 4.82. The Kier molecular flexibility index (Phi) is 3.71. The molecule has 0 saturated heterocycles. The van der Waals surface area contributed by atoms with E-state index >= 15 is 0 Å². The molecule has 1 atom stereocenters. The molecule has 1 aromatic heterocycles. The summed E-state index contributed by atoms with van der Waals surface area (Å²) in [5.74, 6) is 1.20. The number of ether oxygens (including phenoxy) is 1. The Labute approximate surface area is 78.9 Å². The number of hydrogen-bond acceptors (Lipinski definition) is 3. The maximum absolute atomic E-state index is 5.59. The molecule has 0 bridgehead atoms. The van der Waals surface area contributed by atoms with E-state index < -0.39 is 0 Å². The Bertz CT molecular complexity index is 263. The summed E-state index contributed by atoms with van der Waals surface area (Å²) in [5.41, 5.74) is 6.68. The van der Waals surface area contributed by atoms with Gasteiger partial charge in [0.2, 0.25) is 0 Å². The van der Waals surface area contributed by atoms with Gasteiger partial charge >= 0.3 is 0 Å². The number of nitrogens with zero attached hydrogens (tertiary/aromatic N) is 1. The normalized spacial score (nSPS) is 12.5. The fourth-order valence-corrected chi connectivity index (χ4v) is 1.18. The third kappa shape index (κ3) is 2.42. The summed E-state index contributed by atoms with van der Waals surface area (Å²) in [7, 11) is 0. The molecule has 1 aromatic rings. The van der Waals surface area contributed by atoms with Gasteiger partial charge in [-0.2, -0.15) is 0 Å². The molecule has 3 nitrogen and oxygen atoms in total. The van der Waals surface area contributed by atoms with E-state index in [0.717, 1.165) is 11.3 Å². The fraction of sp³-hybridized carbons (Fsp3) is 0.500. The maximum atomic E-state index is 5.59. The molecule has 3 heteroatoms. The monoisotopic (exact) mass is 180 g/mol. The van der Waals surface area contributed by atoms with Gasteiger partial charge in [-0.1, -0.05) is 6.92 Å². The zero-order valence-corrected chi connectivity index (χ0v) is 8.16. The molecule has 0 aliphatic rings. The molecular formula is C10H16N2O. The van der Waals surface area contributed by atoms with E-state index in [-0.39, 0.29) is 0 Å². The predicted molar refractivity (Wildman–Crippen MR) is 52.9 cm³/mol. The highest BCUT2D eigenvalue weighted by Gasteiger charge is 2.09. The van der Waals surface area contributed by atoms with E-state index in [9.17, 15) is 0 Å². The molecule has 72 valence electrons. The van der Waals surface area contributed by atoms with E-state index in [1.165, 1.54) is 0 Å². The summed E-state index contributed by atoms with van der Waals surface area (Å²) >= 11 is 0. The highest BCUT2D eigenvalue weighted by Crippen LogP contribution is 2.24. The van der Waals surface area contributed by atoms with Gasteiger partial charge in [0.1, 0.15) is 5.75 Å². The number of hydrogen-bond donors (Lipinski definition) is 1. The molecule has 0 spiro atoms. The second-order valence-electron chi connectivity index (χ2n) is 2.98. The average Bonchev–Trinajstić information content (AvgIpc) is 2.18. The minimum Gasteiger partial charge on any atom is -0.493 e. The molecule has 0 aromatic carbocycles. The molecule has 0 radical (unpaired) electrons. The summed E-state index contributed by atoms with van der Waals surface area (Å²) in [6, 6.07) is 1.88. The SMILES string of the molecule is CCOc1ccncc1C(C)CN. The minimum absolute atomic E-state index is 0.301. The molecule has 0 amide bonds. The molecule has 0 aliphatic heterocycles. The van der Waals surface area contributed by atoms with Crippen molar-refractivity contribution >= 4 is 0 Å². The van der Waals surface area contributed by atoms with Crippen molar-refractivity contribution in [2.24, 2.45) is 5.73 Å². The van der Waals surface area contributed by atoms with Crippen LogP contribution >= 0.6 is 0 Å². The molecule has 0 saturated carbocycles. The van der Waals surface area contributed by atoms with Crippen LogP contribution in [0.15, 0.2) is 18.5 Å². The van der Waals surface area contributed by atoms with Crippen LogP contribution in [0.4, 0.5) is 0 Å². The van der Waals surface area contributed by atoms with Crippen LogP contribution in [0, 0.1) is 0 Å². The van der Waals surface area contributed by atoms with Crippen LogP contribution in [-0.2, 0) is 0 Å². The van der Waals surface area contributed by atoms with E-state index in [2.05, 4.69) is 11.9 Å². The molecule has 1 unspecified atom stereocenters. The van der Waals surface area contributed by atoms with Crippen molar-refractivity contribution in [3.05, 3.63) is 24.0 Å². The lowest BCUT2D eigenvalue weighted by Crippen LogP contribution is -2.10. The topological polar surface area (TPSA) is 48.1 Å². The van der Waals surface area contributed by atoms with Gasteiger partial charge in [-0.25, -0.2) is 0 Å². The van der Waals surface area contributed by atoms with E-state index in [1.54, 1.807) is 6.20 Å². The van der Waals surface area contributed by atoms with Crippen molar-refractivity contribution < 1.29 is 4.74 Å². The smallest absolute Gasteiger partial charge is 0.125 e. The fourth-order valence-electron chi connectivity index (χ4n) is 1.18. The van der Waals surface area contributed by atoms with Gasteiger partial charge in [0.05, 0.1) is 6.61 Å². The van der Waals surface area contributed by atoms with Crippen LogP contribution in [0.25, 0.3) is 0 Å². The van der Waals surface area contributed by atoms with Crippen molar-refractivity contribution in [2.45, 2.75) is 19.8 Å². The van der Waals surface area contributed by atoms with Gasteiger partial charge in [-0.3, -0.25) is 4.98 Å². The van der Waals surface area contributed by atoms with Crippen molar-refractivity contribution in [1.82, 2.24) is 4.98 Å². The average molecular weight is 180 g/mol. The summed E-state index contributed by atoms with van der Waals surface area (Å²) < 4.78 is 5.46. The number of nitrogens with two attached hydrogens (primary N) is 1. The molecule has 1 rings (SSSR count). The first kappa shape index (κ1) is 9.99. The molecule has 13 heavy (non-hydrogen) atoms. The maximum Gasteiger partial charge on any atom is 0.125 e. The highest BCUT2D eigenvalue weighted by molar-refractivity contribution is 5.33. The van der Waals surface area contributed by atoms with Crippen LogP contribution in [0.1, 0.15) is 25.3 Å². The van der Waals surface area contributed by atoms with E-state index in [4.69, 9.17) is 10.5 Å². The van der Waals surface area contributed by atoms with Crippen LogP contribution in [-0.4, -0.2) is 18.1 Å². The van der Waals surface area contributed by atoms with Gasteiger partial charge in [0.25, 0.3) is 0 Å². The summed E-state index contributed by atoms with van der Waals surface area (Å²) in [6.45, 7) is 5.33. The Morgan fingerprint density at radius 1 is 1.62 bits per heavy atom. The van der Waals surface area contributed by atoms with Crippen molar-refractivity contribution in [2.75, 3.05) is 13.2 Å². The Morgan fingerprint density at radius 3 is 3.00 bits per heavy atom. The number of rotatable bonds is 4. The van der Waals surface area contributed by atoms with Crippen molar-refractivity contribution in [1.29, 1.82) is 0 Å². The lowest BCUT2D eigenvalue weighted by Gasteiger charge is -2.13. The lowest BCUT2D eigenvalue weighted by atomic mass is 10.0. The van der Waals surface area contributed by atoms with Gasteiger partial charge in [0, 0.05) is 18.0 Å². The first-order valence-electron chi connectivity index (χ1n) is 4.56. The van der Waals surface area contributed by atoms with E-state index in [1.807, 2.05) is 19.2 Å². The zero-order chi connectivity index (χ0) is 9.68. The summed E-state index contributed by atoms with van der Waals surface area (Å²) in [6.07, 6.45) is 3.56. The highest BCUT2D eigenvalue weighted by atomic mass is 16.5. The third-order valence-electron chi connectivity index (χ3n) is 1.99. The van der Waals surface area contributed by atoms with E-state index in [0.29, 0.717) is 19.1 Å². The summed E-state index contributed by atoms with van der Waals surface area (Å²) in [4.78, 5) is 4.06. The third-order valence-corrected chi connectivity index (χ3v) is 1.99. The van der Waals surface area contributed by atoms with Gasteiger partial charge in [0.15, 0.2) is 0 Å². The second-order valence-corrected chi connectivity index (χ2v) is 2.98. The molecule has 0 fully saturated rings. The van der Waals surface area contributed by atoms with Crippen LogP contribution < -0.4 is 10.5 Å². The quantitative estimate of drug-likeness (QED) is 0.764. The predicted octanol–water partition coefficient (Wildman–Crippen LogP) is 1.54. The molecule has 2 N–H and O–H groups in total. The largest absolute Gasteiger partial charge is 0.493 e. The Balaban J connectivity index is 2.90. The van der Waals surface area contributed by atoms with Crippen molar-refractivity contribution in [3.8, 4) is 5.75 Å². The van der Waals surface area contributed by atoms with Crippen molar-refractivity contribution in [3.63, 3.8) is 0 Å². The lowest BCUT2D eigenvalue weighted by molar-refractivity contribution is 0.334. The molecule has 1 heterocycles. The van der Waals surface area contributed by atoms with Crippen LogP contribution in [0.5, 0.6) is 5.75 Å². The van der Waals surface area contributed by atoms with Gasteiger partial charge < -0.3 is 10.5 Å². The summed E-state index contributed by atoms with van der Waals surface area (Å²) in [5, 5.41) is 0. The van der Waals surface area contributed by atoms with Gasteiger partial charge in [-0.15, -0.1) is 0 Å². The standard InChI is InChI=1S/C10H16N2O/c1-3-13-10-4-5-12-7-9(10)8(2)6-11/h4-5,7-8H,3,6,11H2,1-2H3. The number of aromatic nitrogens is 1. The minimum atomic E-state index is 0.301. The molecule has 0 aliphatic carbocycles. The first-order valence-corrected chi connectivity index (χ1v) is 4.56. The molecular weight excluding hydrogens is 164 g/mol.